The van der Waals surface area contributed by atoms with Crippen molar-refractivity contribution in [3.8, 4) is 11.1 Å². The number of nitrogens with one attached hydrogen (secondary N) is 1. The monoisotopic (exact) mass is 543 g/mol. The van der Waals surface area contributed by atoms with E-state index in [-0.39, 0.29) is 12.5 Å². The van der Waals surface area contributed by atoms with E-state index in [0.29, 0.717) is 22.9 Å². The molecule has 0 radical (unpaired) electrons. The van der Waals surface area contributed by atoms with Gasteiger partial charge >= 0.3 is 6.09 Å². The van der Waals surface area contributed by atoms with Gasteiger partial charge in [0.1, 0.15) is 17.2 Å². The lowest BCUT2D eigenvalue weighted by molar-refractivity contribution is 0.0576. The molecule has 200 valence electrons. The van der Waals surface area contributed by atoms with Crippen molar-refractivity contribution in [3.05, 3.63) is 101 Å². The highest BCUT2D eigenvalue weighted by Gasteiger charge is 2.32. The summed E-state index contributed by atoms with van der Waals surface area (Å²) in [6, 6.07) is 16.7. The first-order valence-corrected chi connectivity index (χ1v) is 13.1. The third-order valence-corrected chi connectivity index (χ3v) is 6.69. The van der Waals surface area contributed by atoms with Crippen LogP contribution in [0.3, 0.4) is 0 Å². The van der Waals surface area contributed by atoms with Gasteiger partial charge in [0.05, 0.1) is 12.6 Å². The zero-order valence-electron chi connectivity index (χ0n) is 22.0. The fraction of sp³-hybridized carbons (Fsp3) is 0.267. The number of ether oxygens (including phenoxy) is 1. The highest BCUT2D eigenvalue weighted by atomic mass is 35.5. The standard InChI is InChI=1S/C30H30ClN5O3/c1-30(2,3)39-29(38)36(18-19-6-9-23(31)10-7-19)26-11-8-21(15-33-26)27(37)25-17-35-28-24(25)13-22(16-34-28)20-5-4-12-32-14-20/h4-16,25,27,37H,17-18H2,1-3H3,(H,34,35). The topological polar surface area (TPSA) is 100 Å². The number of aromatic nitrogens is 3. The van der Waals surface area contributed by atoms with Crippen molar-refractivity contribution in [1.82, 2.24) is 15.0 Å². The van der Waals surface area contributed by atoms with Crippen LogP contribution in [-0.2, 0) is 11.3 Å². The maximum Gasteiger partial charge on any atom is 0.416 e. The summed E-state index contributed by atoms with van der Waals surface area (Å²) in [5, 5.41) is 15.2. The van der Waals surface area contributed by atoms with Crippen molar-refractivity contribution >= 4 is 29.3 Å². The first kappa shape index (κ1) is 26.6. The predicted octanol–water partition coefficient (Wildman–Crippen LogP) is 6.38. The van der Waals surface area contributed by atoms with E-state index in [1.165, 1.54) is 4.90 Å². The number of aliphatic hydroxyl groups excluding tert-OH is 1. The predicted molar refractivity (Wildman–Crippen MR) is 152 cm³/mol. The Balaban J connectivity index is 1.39. The Labute approximate surface area is 232 Å². The van der Waals surface area contributed by atoms with Crippen molar-refractivity contribution in [2.24, 2.45) is 0 Å². The van der Waals surface area contributed by atoms with Gasteiger partial charge in [-0.15, -0.1) is 0 Å². The third kappa shape index (κ3) is 6.19. The Morgan fingerprint density at radius 3 is 2.56 bits per heavy atom. The van der Waals surface area contributed by atoms with Crippen LogP contribution in [-0.4, -0.2) is 38.3 Å². The second kappa shape index (κ2) is 11.0. The molecule has 1 aromatic carbocycles. The maximum atomic E-state index is 13.1. The molecule has 0 saturated carbocycles. The van der Waals surface area contributed by atoms with Crippen LogP contribution in [0, 0.1) is 0 Å². The summed E-state index contributed by atoms with van der Waals surface area (Å²) >= 11 is 6.03. The second-order valence-corrected chi connectivity index (χ2v) is 10.9. The lowest BCUT2D eigenvalue weighted by Gasteiger charge is -2.27. The van der Waals surface area contributed by atoms with E-state index in [2.05, 4.69) is 20.3 Å². The Bertz CT molecular complexity index is 1440. The number of amides is 1. The molecule has 0 bridgehead atoms. The summed E-state index contributed by atoms with van der Waals surface area (Å²) in [6.45, 7) is 6.26. The lowest BCUT2D eigenvalue weighted by atomic mass is 9.91. The number of fused-ring (bicyclic) bond motifs is 1. The van der Waals surface area contributed by atoms with Gasteiger partial charge < -0.3 is 15.2 Å². The summed E-state index contributed by atoms with van der Waals surface area (Å²) in [6.07, 6.45) is 5.60. The number of aliphatic hydroxyl groups is 1. The second-order valence-electron chi connectivity index (χ2n) is 10.5. The fourth-order valence-electron chi connectivity index (χ4n) is 4.49. The van der Waals surface area contributed by atoms with E-state index in [9.17, 15) is 9.90 Å². The first-order valence-electron chi connectivity index (χ1n) is 12.7. The molecular formula is C30H30ClN5O3. The first-order chi connectivity index (χ1) is 18.7. The fourth-order valence-corrected chi connectivity index (χ4v) is 4.62. The molecule has 4 heterocycles. The van der Waals surface area contributed by atoms with Crippen LogP contribution in [0.25, 0.3) is 11.1 Å². The van der Waals surface area contributed by atoms with E-state index in [1.54, 1.807) is 49.1 Å². The normalized spacial score (nSPS) is 15.3. The number of pyridine rings is 3. The van der Waals surface area contributed by atoms with Gasteiger partial charge in [0.2, 0.25) is 0 Å². The van der Waals surface area contributed by atoms with Gasteiger partial charge in [-0.25, -0.2) is 14.8 Å². The molecule has 0 saturated heterocycles. The summed E-state index contributed by atoms with van der Waals surface area (Å²) < 4.78 is 5.65. The number of carbonyl (C=O) groups is 1. The molecular weight excluding hydrogens is 514 g/mol. The zero-order chi connectivity index (χ0) is 27.6. The molecule has 0 aliphatic carbocycles. The molecule has 5 rings (SSSR count). The minimum Gasteiger partial charge on any atom is -0.443 e. The van der Waals surface area contributed by atoms with Crippen LogP contribution < -0.4 is 10.2 Å². The van der Waals surface area contributed by atoms with E-state index in [4.69, 9.17) is 16.3 Å². The number of carbonyl (C=O) groups excluding carboxylic acids is 1. The molecule has 2 N–H and O–H groups in total. The van der Waals surface area contributed by atoms with E-state index >= 15 is 0 Å². The number of halogens is 1. The molecule has 39 heavy (non-hydrogen) atoms. The Morgan fingerprint density at radius 2 is 1.90 bits per heavy atom. The molecule has 1 aliphatic rings. The molecule has 2 atom stereocenters. The van der Waals surface area contributed by atoms with Gasteiger partial charge in [-0.1, -0.05) is 35.9 Å². The maximum absolute atomic E-state index is 13.1. The van der Waals surface area contributed by atoms with Crippen molar-refractivity contribution in [2.75, 3.05) is 16.8 Å². The molecule has 1 aliphatic heterocycles. The average molecular weight is 544 g/mol. The summed E-state index contributed by atoms with van der Waals surface area (Å²) in [4.78, 5) is 27.9. The minimum atomic E-state index is -0.822. The largest absolute Gasteiger partial charge is 0.443 e. The quantitative estimate of drug-likeness (QED) is 0.291. The lowest BCUT2D eigenvalue weighted by Crippen LogP contribution is -2.37. The Kier molecular flexibility index (Phi) is 7.50. The molecule has 0 spiro atoms. The van der Waals surface area contributed by atoms with E-state index in [1.807, 2.05) is 51.1 Å². The van der Waals surface area contributed by atoms with Gasteiger partial charge in [0, 0.05) is 59.0 Å². The number of benzene rings is 1. The van der Waals surface area contributed by atoms with Crippen molar-refractivity contribution < 1.29 is 14.6 Å². The average Bonchev–Trinajstić information content (AvgIpc) is 3.35. The van der Waals surface area contributed by atoms with Crippen LogP contribution in [0.4, 0.5) is 16.4 Å². The van der Waals surface area contributed by atoms with Gasteiger partial charge in [-0.05, 0) is 62.2 Å². The SMILES string of the molecule is CC(C)(C)OC(=O)N(Cc1ccc(Cl)cc1)c1ccc(C(O)C2CNc3ncc(-c4cccnc4)cc32)cn1. The third-order valence-electron chi connectivity index (χ3n) is 6.44. The Hall–Kier alpha value is -4.01. The van der Waals surface area contributed by atoms with E-state index < -0.39 is 17.8 Å². The molecule has 1 amide bonds. The smallest absolute Gasteiger partial charge is 0.416 e. The van der Waals surface area contributed by atoms with Crippen LogP contribution in [0.1, 0.15) is 49.5 Å². The highest BCUT2D eigenvalue weighted by molar-refractivity contribution is 6.30. The Morgan fingerprint density at radius 1 is 1.10 bits per heavy atom. The minimum absolute atomic E-state index is 0.215. The number of hydrogen-bond acceptors (Lipinski definition) is 7. The van der Waals surface area contributed by atoms with Crippen LogP contribution >= 0.6 is 11.6 Å². The summed E-state index contributed by atoms with van der Waals surface area (Å²) in [7, 11) is 0. The number of nitrogens with zero attached hydrogens (tertiary/aromatic N) is 4. The zero-order valence-corrected chi connectivity index (χ0v) is 22.8. The number of hydrogen-bond donors (Lipinski definition) is 2. The van der Waals surface area contributed by atoms with Crippen LogP contribution in [0.2, 0.25) is 5.02 Å². The van der Waals surface area contributed by atoms with Crippen LogP contribution in [0.15, 0.2) is 79.4 Å². The molecule has 2 unspecified atom stereocenters. The summed E-state index contributed by atoms with van der Waals surface area (Å²) in [5.41, 5.74) is 3.68. The summed E-state index contributed by atoms with van der Waals surface area (Å²) in [5.74, 6) is 0.962. The van der Waals surface area contributed by atoms with Gasteiger partial charge in [0.25, 0.3) is 0 Å². The van der Waals surface area contributed by atoms with Gasteiger partial charge in [0.15, 0.2) is 0 Å². The molecule has 0 fully saturated rings. The van der Waals surface area contributed by atoms with Crippen LogP contribution in [0.5, 0.6) is 0 Å². The van der Waals surface area contributed by atoms with Gasteiger partial charge in [-0.2, -0.15) is 0 Å². The number of rotatable bonds is 6. The molecule has 4 aromatic rings. The molecule has 3 aromatic heterocycles. The van der Waals surface area contributed by atoms with Crippen molar-refractivity contribution in [3.63, 3.8) is 0 Å². The number of anilines is 2. The van der Waals surface area contributed by atoms with Gasteiger partial charge in [-0.3, -0.25) is 9.88 Å². The van der Waals surface area contributed by atoms with Crippen molar-refractivity contribution in [1.29, 1.82) is 0 Å². The van der Waals surface area contributed by atoms with Crippen molar-refractivity contribution in [2.45, 2.75) is 44.9 Å². The van der Waals surface area contributed by atoms with E-state index in [0.717, 1.165) is 28.1 Å². The molecule has 8 nitrogen and oxygen atoms in total. The molecule has 9 heteroatoms. The highest BCUT2D eigenvalue weighted by Crippen LogP contribution is 2.40.